The molecule has 0 saturated carbocycles. The number of aromatic nitrogens is 1. The van der Waals surface area contributed by atoms with Gasteiger partial charge in [-0.15, -0.1) is 0 Å². The summed E-state index contributed by atoms with van der Waals surface area (Å²) >= 11 is 0. The molecule has 1 fully saturated rings. The smallest absolute Gasteiger partial charge is 0.182 e. The minimum Gasteiger partial charge on any atom is -0.307 e. The molecular weight excluding hydrogens is 195 g/mol. The average Bonchev–Trinajstić information content (AvgIpc) is 2.30. The van der Waals surface area contributed by atoms with Crippen molar-refractivity contribution in [3.63, 3.8) is 0 Å². The number of carbonyl (C=O) groups is 1. The molecule has 1 aliphatic heterocycles. The van der Waals surface area contributed by atoms with Crippen molar-refractivity contribution in [1.29, 1.82) is 0 Å². The van der Waals surface area contributed by atoms with E-state index in [9.17, 15) is 9.18 Å². The number of halogens is 1. The van der Waals surface area contributed by atoms with Crippen molar-refractivity contribution in [2.45, 2.75) is 25.3 Å². The molecule has 0 amide bonds. The van der Waals surface area contributed by atoms with Crippen molar-refractivity contribution in [2.75, 3.05) is 6.54 Å². The molecule has 1 atom stereocenters. The summed E-state index contributed by atoms with van der Waals surface area (Å²) in [5, 5.41) is 3.11. The molecule has 0 aromatic carbocycles. The lowest BCUT2D eigenvalue weighted by molar-refractivity contribution is 0.0923. The van der Waals surface area contributed by atoms with Crippen LogP contribution in [0.1, 0.15) is 29.6 Å². The Balaban J connectivity index is 2.16. The highest BCUT2D eigenvalue weighted by Crippen LogP contribution is 2.14. The highest BCUT2D eigenvalue weighted by Gasteiger charge is 2.23. The third-order valence-electron chi connectivity index (χ3n) is 2.66. The van der Waals surface area contributed by atoms with Gasteiger partial charge in [-0.3, -0.25) is 9.78 Å². The maximum atomic E-state index is 13.3. The molecule has 1 unspecified atom stereocenters. The Kier molecular flexibility index (Phi) is 3.06. The summed E-state index contributed by atoms with van der Waals surface area (Å²) in [5.74, 6) is -0.690. The number of ketones is 1. The van der Waals surface area contributed by atoms with E-state index >= 15 is 0 Å². The molecule has 1 aliphatic rings. The Hall–Kier alpha value is -1.29. The highest BCUT2D eigenvalue weighted by molar-refractivity contribution is 6.00. The Morgan fingerprint density at radius 3 is 3.07 bits per heavy atom. The van der Waals surface area contributed by atoms with E-state index in [2.05, 4.69) is 10.3 Å². The Bertz CT molecular complexity index is 361. The number of carbonyl (C=O) groups excluding carboxylic acids is 1. The second kappa shape index (κ2) is 4.49. The van der Waals surface area contributed by atoms with Crippen LogP contribution in [-0.2, 0) is 0 Å². The van der Waals surface area contributed by atoms with E-state index in [0.717, 1.165) is 32.0 Å². The van der Waals surface area contributed by atoms with E-state index in [-0.39, 0.29) is 17.4 Å². The Morgan fingerprint density at radius 2 is 2.40 bits per heavy atom. The molecule has 0 radical (unpaired) electrons. The quantitative estimate of drug-likeness (QED) is 0.750. The Labute approximate surface area is 87.7 Å². The molecule has 0 bridgehead atoms. The minimum atomic E-state index is -0.533. The second-order valence-corrected chi connectivity index (χ2v) is 3.72. The number of rotatable bonds is 2. The number of hydrogen-bond acceptors (Lipinski definition) is 3. The first-order valence-electron chi connectivity index (χ1n) is 5.16. The summed E-state index contributed by atoms with van der Waals surface area (Å²) in [7, 11) is 0. The molecule has 4 heteroatoms. The topological polar surface area (TPSA) is 42.0 Å². The van der Waals surface area contributed by atoms with Gasteiger partial charge in [-0.2, -0.15) is 0 Å². The van der Waals surface area contributed by atoms with Crippen molar-refractivity contribution in [3.8, 4) is 0 Å². The van der Waals surface area contributed by atoms with Gasteiger partial charge in [-0.25, -0.2) is 4.39 Å². The van der Waals surface area contributed by atoms with Crippen LogP contribution in [0.3, 0.4) is 0 Å². The minimum absolute atomic E-state index is 0.143. The predicted octanol–water partition coefficient (Wildman–Crippen LogP) is 1.55. The molecule has 2 heterocycles. The van der Waals surface area contributed by atoms with Gasteiger partial charge in [0, 0.05) is 6.20 Å². The fraction of sp³-hybridized carbons (Fsp3) is 0.455. The molecule has 15 heavy (non-hydrogen) atoms. The van der Waals surface area contributed by atoms with E-state index in [1.165, 1.54) is 12.3 Å². The summed E-state index contributed by atoms with van der Waals surface area (Å²) in [6.45, 7) is 0.836. The number of hydrogen-bond donors (Lipinski definition) is 1. The third-order valence-corrected chi connectivity index (χ3v) is 2.66. The normalized spacial score (nSPS) is 21.3. The van der Waals surface area contributed by atoms with Gasteiger partial charge >= 0.3 is 0 Å². The molecular formula is C11H13FN2O. The summed E-state index contributed by atoms with van der Waals surface area (Å²) in [5.41, 5.74) is 0.143. The maximum absolute atomic E-state index is 13.3. The monoisotopic (exact) mass is 208 g/mol. The van der Waals surface area contributed by atoms with E-state index in [0.29, 0.717) is 0 Å². The summed E-state index contributed by atoms with van der Waals surface area (Å²) in [6, 6.07) is 1.21. The van der Waals surface area contributed by atoms with Gasteiger partial charge in [0.05, 0.1) is 17.8 Å². The third kappa shape index (κ3) is 2.21. The van der Waals surface area contributed by atoms with Crippen molar-refractivity contribution in [3.05, 3.63) is 29.8 Å². The summed E-state index contributed by atoms with van der Waals surface area (Å²) < 4.78 is 13.3. The van der Waals surface area contributed by atoms with Crippen molar-refractivity contribution >= 4 is 5.78 Å². The highest BCUT2D eigenvalue weighted by atomic mass is 19.1. The molecule has 3 nitrogen and oxygen atoms in total. The van der Waals surface area contributed by atoms with Crippen LogP contribution in [0.5, 0.6) is 0 Å². The van der Waals surface area contributed by atoms with Crippen LogP contribution in [-0.4, -0.2) is 23.4 Å². The zero-order valence-corrected chi connectivity index (χ0v) is 8.37. The van der Waals surface area contributed by atoms with Gasteiger partial charge in [0.1, 0.15) is 0 Å². The molecule has 1 saturated heterocycles. The number of Topliss-reactive ketones (excluding diaryl/α,β-unsaturated/α-hetero) is 1. The maximum Gasteiger partial charge on any atom is 0.182 e. The first-order valence-corrected chi connectivity index (χ1v) is 5.16. The van der Waals surface area contributed by atoms with Gasteiger partial charge in [0.25, 0.3) is 0 Å². The van der Waals surface area contributed by atoms with Crippen molar-refractivity contribution in [2.24, 2.45) is 0 Å². The van der Waals surface area contributed by atoms with Crippen LogP contribution in [0.15, 0.2) is 18.5 Å². The molecule has 0 spiro atoms. The molecule has 80 valence electrons. The fourth-order valence-electron chi connectivity index (χ4n) is 1.84. The molecule has 2 rings (SSSR count). The fourth-order valence-corrected chi connectivity index (χ4v) is 1.84. The van der Waals surface area contributed by atoms with Gasteiger partial charge < -0.3 is 5.32 Å². The van der Waals surface area contributed by atoms with E-state index < -0.39 is 5.82 Å². The van der Waals surface area contributed by atoms with Crippen LogP contribution in [0, 0.1) is 5.82 Å². The van der Waals surface area contributed by atoms with E-state index in [1.807, 2.05) is 0 Å². The average molecular weight is 208 g/mol. The molecule has 1 N–H and O–H groups in total. The molecule has 0 aliphatic carbocycles. The Morgan fingerprint density at radius 1 is 1.53 bits per heavy atom. The second-order valence-electron chi connectivity index (χ2n) is 3.72. The number of piperidine rings is 1. The van der Waals surface area contributed by atoms with Crippen LogP contribution in [0.2, 0.25) is 0 Å². The van der Waals surface area contributed by atoms with Gasteiger partial charge in [0.15, 0.2) is 11.6 Å². The summed E-state index contributed by atoms with van der Waals surface area (Å²) in [6.07, 6.45) is 5.43. The van der Waals surface area contributed by atoms with Crippen LogP contribution in [0.4, 0.5) is 4.39 Å². The predicted molar refractivity (Wildman–Crippen MR) is 54.2 cm³/mol. The molecule has 1 aromatic heterocycles. The van der Waals surface area contributed by atoms with E-state index in [4.69, 9.17) is 0 Å². The zero-order valence-electron chi connectivity index (χ0n) is 8.37. The van der Waals surface area contributed by atoms with Gasteiger partial charge in [-0.1, -0.05) is 6.42 Å². The van der Waals surface area contributed by atoms with E-state index in [1.54, 1.807) is 0 Å². The zero-order chi connectivity index (χ0) is 10.7. The summed E-state index contributed by atoms with van der Waals surface area (Å²) in [4.78, 5) is 15.5. The standard InChI is InChI=1S/C11H13FN2O/c12-9-7-13-6-4-8(9)11(15)10-3-1-2-5-14-10/h4,6-7,10,14H,1-3,5H2. The lowest BCUT2D eigenvalue weighted by Gasteiger charge is -2.22. The van der Waals surface area contributed by atoms with Crippen molar-refractivity contribution in [1.82, 2.24) is 10.3 Å². The largest absolute Gasteiger partial charge is 0.307 e. The van der Waals surface area contributed by atoms with Gasteiger partial charge in [-0.05, 0) is 25.5 Å². The van der Waals surface area contributed by atoms with Gasteiger partial charge in [0.2, 0.25) is 0 Å². The SMILES string of the molecule is O=C(c1ccncc1F)C1CCCCN1. The first-order chi connectivity index (χ1) is 7.29. The van der Waals surface area contributed by atoms with Crippen molar-refractivity contribution < 1.29 is 9.18 Å². The number of nitrogens with zero attached hydrogens (tertiary/aromatic N) is 1. The lowest BCUT2D eigenvalue weighted by atomic mass is 9.97. The lowest BCUT2D eigenvalue weighted by Crippen LogP contribution is -2.40. The van der Waals surface area contributed by atoms with Crippen LogP contribution in [0.25, 0.3) is 0 Å². The first kappa shape index (κ1) is 10.2. The van der Waals surface area contributed by atoms with Crippen LogP contribution < -0.4 is 5.32 Å². The number of nitrogens with one attached hydrogen (secondary N) is 1. The van der Waals surface area contributed by atoms with Crippen LogP contribution >= 0.6 is 0 Å². The molecule has 1 aromatic rings. The number of pyridine rings is 1.